The van der Waals surface area contributed by atoms with Crippen LogP contribution in [0.2, 0.25) is 0 Å². The van der Waals surface area contributed by atoms with Crippen LogP contribution in [-0.2, 0) is 0 Å². The molecular weight excluding hydrogens is 138 g/mol. The molecule has 3 heteroatoms. The van der Waals surface area contributed by atoms with Gasteiger partial charge in [-0.15, -0.1) is 0 Å². The standard InChI is InChI=1S/C8H15N3/c1-10-4-3-8(5-10)6-11(2)7-9/h8H,3-6H2,1-2H3. The van der Waals surface area contributed by atoms with Crippen molar-refractivity contribution in [3.8, 4) is 6.19 Å². The highest BCUT2D eigenvalue weighted by molar-refractivity contribution is 4.79. The monoisotopic (exact) mass is 153 g/mol. The Morgan fingerprint density at radius 2 is 2.45 bits per heavy atom. The fourth-order valence-corrected chi connectivity index (χ4v) is 1.60. The van der Waals surface area contributed by atoms with Crippen molar-refractivity contribution in [2.45, 2.75) is 6.42 Å². The lowest BCUT2D eigenvalue weighted by atomic mass is 10.1. The van der Waals surface area contributed by atoms with Crippen LogP contribution in [0.1, 0.15) is 6.42 Å². The Kier molecular flexibility index (Phi) is 2.72. The highest BCUT2D eigenvalue weighted by Crippen LogP contribution is 2.14. The van der Waals surface area contributed by atoms with E-state index in [1.54, 1.807) is 4.90 Å². The molecular formula is C8H15N3. The van der Waals surface area contributed by atoms with Crippen LogP contribution in [0, 0.1) is 17.4 Å². The second kappa shape index (κ2) is 3.59. The van der Waals surface area contributed by atoms with Gasteiger partial charge in [0.1, 0.15) is 0 Å². The number of likely N-dealkylation sites (tertiary alicyclic amines) is 1. The van der Waals surface area contributed by atoms with Gasteiger partial charge in [-0.05, 0) is 25.9 Å². The number of hydrogen-bond acceptors (Lipinski definition) is 3. The summed E-state index contributed by atoms with van der Waals surface area (Å²) in [7, 11) is 3.98. The van der Waals surface area contributed by atoms with Gasteiger partial charge < -0.3 is 9.80 Å². The van der Waals surface area contributed by atoms with Gasteiger partial charge in [0.15, 0.2) is 6.19 Å². The highest BCUT2D eigenvalue weighted by Gasteiger charge is 2.19. The molecule has 0 spiro atoms. The van der Waals surface area contributed by atoms with Gasteiger partial charge in [-0.25, -0.2) is 0 Å². The van der Waals surface area contributed by atoms with Crippen molar-refractivity contribution < 1.29 is 0 Å². The first-order chi connectivity index (χ1) is 5.22. The Labute approximate surface area is 68.2 Å². The van der Waals surface area contributed by atoms with Crippen LogP contribution in [0.5, 0.6) is 0 Å². The van der Waals surface area contributed by atoms with Gasteiger partial charge in [0.05, 0.1) is 0 Å². The summed E-state index contributed by atoms with van der Waals surface area (Å²) in [5.41, 5.74) is 0. The summed E-state index contributed by atoms with van der Waals surface area (Å²) in [5.74, 6) is 0.699. The number of nitriles is 1. The van der Waals surface area contributed by atoms with Gasteiger partial charge in [-0.3, -0.25) is 0 Å². The molecule has 0 aliphatic carbocycles. The second-order valence-corrected chi connectivity index (χ2v) is 3.40. The Morgan fingerprint density at radius 3 is 2.91 bits per heavy atom. The molecule has 0 radical (unpaired) electrons. The molecule has 11 heavy (non-hydrogen) atoms. The van der Waals surface area contributed by atoms with Crippen LogP contribution in [0.3, 0.4) is 0 Å². The van der Waals surface area contributed by atoms with E-state index in [0.717, 1.165) is 13.1 Å². The summed E-state index contributed by atoms with van der Waals surface area (Å²) < 4.78 is 0. The zero-order valence-corrected chi connectivity index (χ0v) is 7.25. The maximum absolute atomic E-state index is 8.52. The third-order valence-corrected chi connectivity index (χ3v) is 2.19. The second-order valence-electron chi connectivity index (χ2n) is 3.40. The molecule has 0 aromatic rings. The summed E-state index contributed by atoms with van der Waals surface area (Å²) in [6.45, 7) is 3.25. The Bertz CT molecular complexity index is 161. The molecule has 1 aliphatic rings. The molecule has 0 N–H and O–H groups in total. The highest BCUT2D eigenvalue weighted by atomic mass is 15.1. The van der Waals surface area contributed by atoms with E-state index in [1.807, 2.05) is 7.05 Å². The van der Waals surface area contributed by atoms with Crippen molar-refractivity contribution in [3.63, 3.8) is 0 Å². The number of nitrogens with zero attached hydrogens (tertiary/aromatic N) is 3. The predicted octanol–water partition coefficient (Wildman–Crippen LogP) is 0.351. The van der Waals surface area contributed by atoms with E-state index in [-0.39, 0.29) is 0 Å². The van der Waals surface area contributed by atoms with Crippen LogP contribution in [0.15, 0.2) is 0 Å². The summed E-state index contributed by atoms with van der Waals surface area (Å²) in [6.07, 6.45) is 3.36. The molecule has 1 atom stereocenters. The normalized spacial score (nSPS) is 25.0. The average Bonchev–Trinajstić information content (AvgIpc) is 2.35. The van der Waals surface area contributed by atoms with Gasteiger partial charge in [-0.1, -0.05) is 0 Å². The fourth-order valence-electron chi connectivity index (χ4n) is 1.60. The maximum atomic E-state index is 8.52. The van der Waals surface area contributed by atoms with Gasteiger partial charge >= 0.3 is 0 Å². The molecule has 3 nitrogen and oxygen atoms in total. The van der Waals surface area contributed by atoms with Gasteiger partial charge in [0.2, 0.25) is 0 Å². The molecule has 1 rings (SSSR count). The van der Waals surface area contributed by atoms with E-state index in [4.69, 9.17) is 5.26 Å². The van der Waals surface area contributed by atoms with Crippen LogP contribution in [0.25, 0.3) is 0 Å². The van der Waals surface area contributed by atoms with Crippen molar-refractivity contribution in [3.05, 3.63) is 0 Å². The lowest BCUT2D eigenvalue weighted by Gasteiger charge is -2.14. The first-order valence-corrected chi connectivity index (χ1v) is 4.02. The molecule has 1 heterocycles. The zero-order chi connectivity index (χ0) is 8.27. The van der Waals surface area contributed by atoms with E-state index in [0.29, 0.717) is 5.92 Å². The molecule has 0 saturated carbocycles. The molecule has 1 saturated heterocycles. The Hall–Kier alpha value is -0.750. The van der Waals surface area contributed by atoms with E-state index in [2.05, 4.69) is 18.1 Å². The largest absolute Gasteiger partial charge is 0.313 e. The van der Waals surface area contributed by atoms with Gasteiger partial charge in [0, 0.05) is 20.1 Å². The Balaban J connectivity index is 2.24. The molecule has 1 unspecified atom stereocenters. The molecule has 0 aromatic carbocycles. The smallest absolute Gasteiger partial charge is 0.179 e. The van der Waals surface area contributed by atoms with E-state index in [9.17, 15) is 0 Å². The topological polar surface area (TPSA) is 30.3 Å². The lowest BCUT2D eigenvalue weighted by molar-refractivity contribution is 0.345. The molecule has 1 fully saturated rings. The van der Waals surface area contributed by atoms with Gasteiger partial charge in [0.25, 0.3) is 0 Å². The van der Waals surface area contributed by atoms with Crippen LogP contribution < -0.4 is 0 Å². The summed E-state index contributed by atoms with van der Waals surface area (Å²) in [4.78, 5) is 4.03. The third kappa shape index (κ3) is 2.39. The molecule has 0 amide bonds. The van der Waals surface area contributed by atoms with E-state index in [1.165, 1.54) is 13.0 Å². The van der Waals surface area contributed by atoms with Crippen molar-refractivity contribution >= 4 is 0 Å². The maximum Gasteiger partial charge on any atom is 0.179 e. The van der Waals surface area contributed by atoms with E-state index >= 15 is 0 Å². The number of hydrogen-bond donors (Lipinski definition) is 0. The van der Waals surface area contributed by atoms with Crippen molar-refractivity contribution in [2.75, 3.05) is 33.7 Å². The summed E-state index contributed by atoms with van der Waals surface area (Å²) >= 11 is 0. The Morgan fingerprint density at radius 1 is 1.73 bits per heavy atom. The first kappa shape index (κ1) is 8.35. The lowest BCUT2D eigenvalue weighted by Crippen LogP contribution is -2.23. The number of rotatable bonds is 2. The van der Waals surface area contributed by atoms with Crippen molar-refractivity contribution in [2.24, 2.45) is 5.92 Å². The molecule has 1 aliphatic heterocycles. The SMILES string of the molecule is CN(C#N)CC1CCN(C)C1. The van der Waals surface area contributed by atoms with Crippen LogP contribution in [-0.4, -0.2) is 43.5 Å². The zero-order valence-electron chi connectivity index (χ0n) is 7.25. The average molecular weight is 153 g/mol. The minimum absolute atomic E-state index is 0.699. The third-order valence-electron chi connectivity index (χ3n) is 2.19. The van der Waals surface area contributed by atoms with Gasteiger partial charge in [-0.2, -0.15) is 5.26 Å². The predicted molar refractivity (Wildman–Crippen MR) is 43.8 cm³/mol. The fraction of sp³-hybridized carbons (Fsp3) is 0.875. The molecule has 0 aromatic heterocycles. The first-order valence-electron chi connectivity index (χ1n) is 4.02. The minimum atomic E-state index is 0.699. The van der Waals surface area contributed by atoms with Crippen molar-refractivity contribution in [1.29, 1.82) is 5.26 Å². The van der Waals surface area contributed by atoms with E-state index < -0.39 is 0 Å². The summed E-state index contributed by atoms with van der Waals surface area (Å²) in [5, 5.41) is 8.52. The quantitative estimate of drug-likeness (QED) is 0.423. The minimum Gasteiger partial charge on any atom is -0.313 e. The van der Waals surface area contributed by atoms with Crippen LogP contribution in [0.4, 0.5) is 0 Å². The summed E-state index contributed by atoms with van der Waals surface area (Å²) in [6, 6.07) is 0. The van der Waals surface area contributed by atoms with Crippen LogP contribution >= 0.6 is 0 Å². The molecule has 62 valence electrons. The van der Waals surface area contributed by atoms with Crippen molar-refractivity contribution in [1.82, 2.24) is 9.80 Å². The molecule has 0 bridgehead atoms.